The van der Waals surface area contributed by atoms with Gasteiger partial charge in [0.05, 0.1) is 0 Å². The second-order valence-electron chi connectivity index (χ2n) is 5.37. The van der Waals surface area contributed by atoms with E-state index in [9.17, 15) is 4.21 Å². The van der Waals surface area contributed by atoms with Gasteiger partial charge in [-0.3, -0.25) is 4.21 Å². The van der Waals surface area contributed by atoms with Crippen LogP contribution in [0, 0.1) is 0 Å². The third-order valence-corrected chi connectivity index (χ3v) is 5.68. The number of hydrogen-bond acceptors (Lipinski definition) is 2. The van der Waals surface area contributed by atoms with Gasteiger partial charge in [-0.2, -0.15) is 0 Å². The molecule has 0 spiro atoms. The van der Waals surface area contributed by atoms with E-state index in [-0.39, 0.29) is 11.3 Å². The van der Waals surface area contributed by atoms with Crippen LogP contribution in [0.4, 0.5) is 0 Å². The van der Waals surface area contributed by atoms with E-state index >= 15 is 0 Å². The van der Waals surface area contributed by atoms with Gasteiger partial charge in [-0.1, -0.05) is 52.0 Å². The summed E-state index contributed by atoms with van der Waals surface area (Å²) in [5.74, 6) is 0.709. The van der Waals surface area contributed by atoms with Gasteiger partial charge in [0.15, 0.2) is 0 Å². The maximum absolute atomic E-state index is 12.3. The normalized spacial score (nSPS) is 15.8. The zero-order chi connectivity index (χ0) is 15.0. The molecule has 0 bridgehead atoms. The Kier molecular flexibility index (Phi) is 8.08. The topological polar surface area (TPSA) is 29.1 Å². The van der Waals surface area contributed by atoms with Crippen LogP contribution in [0.15, 0.2) is 24.3 Å². The van der Waals surface area contributed by atoms with Crippen LogP contribution < -0.4 is 5.32 Å². The molecular weight excluding hydrogens is 266 g/mol. The molecule has 20 heavy (non-hydrogen) atoms. The third-order valence-electron chi connectivity index (χ3n) is 3.79. The van der Waals surface area contributed by atoms with Crippen molar-refractivity contribution in [3.63, 3.8) is 0 Å². The monoisotopic (exact) mass is 295 g/mol. The Morgan fingerprint density at radius 1 is 1.15 bits per heavy atom. The molecule has 0 fully saturated rings. The van der Waals surface area contributed by atoms with Gasteiger partial charge in [-0.05, 0) is 36.9 Å². The first-order chi connectivity index (χ1) is 9.62. The number of nitrogens with one attached hydrogen (secondary N) is 1. The van der Waals surface area contributed by atoms with E-state index in [1.54, 1.807) is 0 Å². The second-order valence-corrected chi connectivity index (χ2v) is 7.27. The molecular formula is C17H29NOS. The van der Waals surface area contributed by atoms with E-state index in [1.807, 2.05) is 0 Å². The Balaban J connectivity index is 2.78. The molecule has 0 aliphatic rings. The van der Waals surface area contributed by atoms with Crippen LogP contribution in [-0.2, 0) is 17.2 Å². The summed E-state index contributed by atoms with van der Waals surface area (Å²) >= 11 is 0. The lowest BCUT2D eigenvalue weighted by atomic mass is 10.0. The molecule has 114 valence electrons. The van der Waals surface area contributed by atoms with E-state index in [4.69, 9.17) is 0 Å². The van der Waals surface area contributed by atoms with Crippen molar-refractivity contribution in [2.45, 2.75) is 58.2 Å². The Bertz CT molecular complexity index is 402. The quantitative estimate of drug-likeness (QED) is 0.750. The third kappa shape index (κ3) is 5.37. The Labute approximate surface area is 126 Å². The van der Waals surface area contributed by atoms with Crippen molar-refractivity contribution in [3.05, 3.63) is 35.4 Å². The van der Waals surface area contributed by atoms with Gasteiger partial charge >= 0.3 is 0 Å². The van der Waals surface area contributed by atoms with E-state index in [1.165, 1.54) is 11.1 Å². The van der Waals surface area contributed by atoms with Gasteiger partial charge in [-0.25, -0.2) is 0 Å². The van der Waals surface area contributed by atoms with Crippen molar-refractivity contribution in [1.29, 1.82) is 0 Å². The number of aryl methyl sites for hydroxylation is 1. The summed E-state index contributed by atoms with van der Waals surface area (Å²) in [6, 6.07) is 8.93. The highest BCUT2D eigenvalue weighted by Crippen LogP contribution is 2.17. The van der Waals surface area contributed by atoms with E-state index in [0.29, 0.717) is 5.75 Å². The zero-order valence-electron chi connectivity index (χ0n) is 13.3. The van der Waals surface area contributed by atoms with Gasteiger partial charge in [0.1, 0.15) is 0 Å². The standard InChI is InChI=1S/C17H29NOS/c1-5-12-18-17(13-20(19)14(4)6-2)16-10-8-15(7-3)9-11-16/h8-11,14,17-18H,5-7,12-13H2,1-4H3. The molecule has 3 atom stereocenters. The van der Waals surface area contributed by atoms with Gasteiger partial charge in [0.2, 0.25) is 0 Å². The predicted molar refractivity (Wildman–Crippen MR) is 89.6 cm³/mol. The van der Waals surface area contributed by atoms with E-state index < -0.39 is 10.8 Å². The fourth-order valence-electron chi connectivity index (χ4n) is 2.09. The average Bonchev–Trinajstić information content (AvgIpc) is 2.50. The number of benzene rings is 1. The summed E-state index contributed by atoms with van der Waals surface area (Å²) in [5, 5.41) is 3.81. The zero-order valence-corrected chi connectivity index (χ0v) is 14.1. The van der Waals surface area contributed by atoms with Crippen molar-refractivity contribution >= 4 is 10.8 Å². The molecule has 1 rings (SSSR count). The van der Waals surface area contributed by atoms with Gasteiger partial charge < -0.3 is 5.32 Å². The van der Waals surface area contributed by atoms with Crippen molar-refractivity contribution in [1.82, 2.24) is 5.32 Å². The summed E-state index contributed by atoms with van der Waals surface area (Å²) in [7, 11) is -0.768. The number of hydrogen-bond donors (Lipinski definition) is 1. The number of rotatable bonds is 9. The first kappa shape index (κ1) is 17.4. The van der Waals surface area contributed by atoms with Gasteiger partial charge in [0, 0.05) is 27.8 Å². The molecule has 1 N–H and O–H groups in total. The Hall–Kier alpha value is -0.670. The summed E-state index contributed by atoms with van der Waals surface area (Å²) < 4.78 is 12.3. The second kappa shape index (κ2) is 9.30. The van der Waals surface area contributed by atoms with Crippen molar-refractivity contribution in [2.24, 2.45) is 0 Å². The minimum absolute atomic E-state index is 0.204. The van der Waals surface area contributed by atoms with E-state index in [0.717, 1.165) is 25.8 Å². The first-order valence-electron chi connectivity index (χ1n) is 7.81. The predicted octanol–water partition coefficient (Wildman–Crippen LogP) is 3.84. The van der Waals surface area contributed by atoms with Crippen LogP contribution in [0.25, 0.3) is 0 Å². The molecule has 0 radical (unpaired) electrons. The minimum atomic E-state index is -0.768. The molecule has 0 heterocycles. The summed E-state index contributed by atoms with van der Waals surface area (Å²) in [5.41, 5.74) is 2.61. The van der Waals surface area contributed by atoms with Crippen molar-refractivity contribution in [2.75, 3.05) is 12.3 Å². The van der Waals surface area contributed by atoms with Crippen LogP contribution in [0.1, 0.15) is 57.7 Å². The molecule has 0 aliphatic carbocycles. The summed E-state index contributed by atoms with van der Waals surface area (Å²) in [4.78, 5) is 0. The highest BCUT2D eigenvalue weighted by Gasteiger charge is 2.17. The van der Waals surface area contributed by atoms with Crippen molar-refractivity contribution in [3.8, 4) is 0 Å². The summed E-state index contributed by atoms with van der Waals surface area (Å²) in [6.45, 7) is 9.48. The van der Waals surface area contributed by atoms with Gasteiger partial charge in [0.25, 0.3) is 0 Å². The molecule has 3 heteroatoms. The fourth-order valence-corrected chi connectivity index (χ4v) is 3.43. The molecule has 3 unspecified atom stereocenters. The lowest BCUT2D eigenvalue weighted by Crippen LogP contribution is -2.29. The van der Waals surface area contributed by atoms with Crippen LogP contribution in [0.2, 0.25) is 0 Å². The molecule has 1 aromatic carbocycles. The molecule has 1 aromatic rings. The minimum Gasteiger partial charge on any atom is -0.309 e. The van der Waals surface area contributed by atoms with Gasteiger partial charge in [-0.15, -0.1) is 0 Å². The van der Waals surface area contributed by atoms with Crippen LogP contribution in [0.3, 0.4) is 0 Å². The first-order valence-corrected chi connectivity index (χ1v) is 9.19. The smallest absolute Gasteiger partial charge is 0.0436 e. The fraction of sp³-hybridized carbons (Fsp3) is 0.647. The molecule has 0 amide bonds. The lowest BCUT2D eigenvalue weighted by molar-refractivity contribution is 0.567. The lowest BCUT2D eigenvalue weighted by Gasteiger charge is -2.21. The van der Waals surface area contributed by atoms with Crippen molar-refractivity contribution < 1.29 is 4.21 Å². The summed E-state index contributed by atoms with van der Waals surface area (Å²) in [6.07, 6.45) is 3.13. The average molecular weight is 295 g/mol. The Morgan fingerprint density at radius 2 is 1.80 bits per heavy atom. The maximum atomic E-state index is 12.3. The molecule has 0 saturated carbocycles. The highest BCUT2D eigenvalue weighted by molar-refractivity contribution is 7.85. The van der Waals surface area contributed by atoms with E-state index in [2.05, 4.69) is 57.3 Å². The molecule has 0 aliphatic heterocycles. The Morgan fingerprint density at radius 3 is 2.30 bits per heavy atom. The molecule has 0 aromatic heterocycles. The maximum Gasteiger partial charge on any atom is 0.0436 e. The van der Waals surface area contributed by atoms with Crippen LogP contribution >= 0.6 is 0 Å². The van der Waals surface area contributed by atoms with Crippen LogP contribution in [0.5, 0.6) is 0 Å². The largest absolute Gasteiger partial charge is 0.309 e. The van der Waals surface area contributed by atoms with Crippen LogP contribution in [-0.4, -0.2) is 21.8 Å². The highest BCUT2D eigenvalue weighted by atomic mass is 32.2. The molecule has 0 saturated heterocycles. The SMILES string of the molecule is CCCNC(CS(=O)C(C)CC)c1ccc(CC)cc1. The molecule has 2 nitrogen and oxygen atoms in total.